The maximum absolute atomic E-state index is 12.0. The highest BCUT2D eigenvalue weighted by molar-refractivity contribution is 7.89. The standard InChI is InChI=1S/C12H18N4O5S/c1-13-10(17)6-14-11(18)8-16-7-9(4-5-12(16)19)22(20,21)15(2)3/h4-5,7H,6,8H2,1-3H3,(H,13,17)(H,14,18). The van der Waals surface area contributed by atoms with Gasteiger partial charge in [-0.3, -0.25) is 14.4 Å². The third kappa shape index (κ3) is 4.40. The number of nitrogens with one attached hydrogen (secondary N) is 2. The van der Waals surface area contributed by atoms with Crippen LogP contribution in [-0.4, -0.2) is 56.8 Å². The largest absolute Gasteiger partial charge is 0.358 e. The number of aromatic nitrogens is 1. The average molecular weight is 330 g/mol. The molecule has 0 saturated heterocycles. The zero-order chi connectivity index (χ0) is 16.9. The molecular weight excluding hydrogens is 312 g/mol. The van der Waals surface area contributed by atoms with Crippen molar-refractivity contribution in [1.82, 2.24) is 19.5 Å². The summed E-state index contributed by atoms with van der Waals surface area (Å²) in [4.78, 5) is 34.3. The average Bonchev–Trinajstić information content (AvgIpc) is 2.46. The Morgan fingerprint density at radius 3 is 2.41 bits per heavy atom. The second kappa shape index (κ2) is 7.18. The molecule has 9 nitrogen and oxygen atoms in total. The molecule has 0 fully saturated rings. The van der Waals surface area contributed by atoms with Gasteiger partial charge < -0.3 is 15.2 Å². The first kappa shape index (κ1) is 17.9. The number of likely N-dealkylation sites (N-methyl/N-ethyl adjacent to an activating group) is 1. The molecule has 2 amide bonds. The third-order valence-corrected chi connectivity index (χ3v) is 4.57. The van der Waals surface area contributed by atoms with Crippen molar-refractivity contribution >= 4 is 21.8 Å². The lowest BCUT2D eigenvalue weighted by Gasteiger charge is -2.13. The quantitative estimate of drug-likeness (QED) is 0.623. The summed E-state index contributed by atoms with van der Waals surface area (Å²) >= 11 is 0. The van der Waals surface area contributed by atoms with E-state index in [-0.39, 0.29) is 23.9 Å². The summed E-state index contributed by atoms with van der Waals surface area (Å²) in [6.45, 7) is -0.605. The van der Waals surface area contributed by atoms with Gasteiger partial charge >= 0.3 is 0 Å². The molecule has 10 heteroatoms. The van der Waals surface area contributed by atoms with Gasteiger partial charge in [-0.05, 0) is 6.07 Å². The van der Waals surface area contributed by atoms with Crippen LogP contribution < -0.4 is 16.2 Å². The van der Waals surface area contributed by atoms with Crippen molar-refractivity contribution in [2.45, 2.75) is 11.4 Å². The topological polar surface area (TPSA) is 118 Å². The number of carbonyl (C=O) groups is 2. The van der Waals surface area contributed by atoms with E-state index >= 15 is 0 Å². The molecule has 0 bridgehead atoms. The lowest BCUT2D eigenvalue weighted by atomic mass is 10.4. The first-order valence-electron chi connectivity index (χ1n) is 6.28. The van der Waals surface area contributed by atoms with Crippen molar-refractivity contribution in [3.8, 4) is 0 Å². The minimum atomic E-state index is -3.70. The lowest BCUT2D eigenvalue weighted by molar-refractivity contribution is -0.126. The van der Waals surface area contributed by atoms with E-state index in [1.807, 2.05) is 0 Å². The Labute approximate surface area is 128 Å². The van der Waals surface area contributed by atoms with Gasteiger partial charge in [0, 0.05) is 33.4 Å². The molecule has 0 aromatic carbocycles. The van der Waals surface area contributed by atoms with E-state index in [1.165, 1.54) is 27.2 Å². The van der Waals surface area contributed by atoms with Gasteiger partial charge in [-0.25, -0.2) is 12.7 Å². The zero-order valence-electron chi connectivity index (χ0n) is 12.5. The van der Waals surface area contributed by atoms with Crippen LogP contribution in [0.15, 0.2) is 28.0 Å². The summed E-state index contributed by atoms with van der Waals surface area (Å²) in [5.41, 5.74) is -0.521. The molecule has 0 unspecified atom stereocenters. The highest BCUT2D eigenvalue weighted by Crippen LogP contribution is 2.10. The van der Waals surface area contributed by atoms with Crippen molar-refractivity contribution in [1.29, 1.82) is 0 Å². The van der Waals surface area contributed by atoms with Crippen LogP contribution in [0, 0.1) is 0 Å². The normalized spacial score (nSPS) is 11.3. The van der Waals surface area contributed by atoms with Crippen LogP contribution in [0.4, 0.5) is 0 Å². The summed E-state index contributed by atoms with van der Waals surface area (Å²) in [5, 5.41) is 4.65. The second-order valence-corrected chi connectivity index (χ2v) is 6.72. The number of hydrogen-bond acceptors (Lipinski definition) is 5. The summed E-state index contributed by atoms with van der Waals surface area (Å²) in [7, 11) is 0.445. The molecule has 1 aromatic heterocycles. The van der Waals surface area contributed by atoms with Gasteiger partial charge in [-0.1, -0.05) is 0 Å². The highest BCUT2D eigenvalue weighted by Gasteiger charge is 2.18. The summed E-state index contributed by atoms with van der Waals surface area (Å²) in [6, 6.07) is 2.25. The smallest absolute Gasteiger partial charge is 0.251 e. The molecule has 1 rings (SSSR count). The van der Waals surface area contributed by atoms with Crippen molar-refractivity contribution in [3.63, 3.8) is 0 Å². The molecule has 0 aliphatic carbocycles. The van der Waals surface area contributed by atoms with Crippen molar-refractivity contribution in [2.75, 3.05) is 27.7 Å². The summed E-state index contributed by atoms with van der Waals surface area (Å²) < 4.78 is 26.0. The fraction of sp³-hybridized carbons (Fsp3) is 0.417. The number of amides is 2. The van der Waals surface area contributed by atoms with Crippen LogP contribution in [0.3, 0.4) is 0 Å². The first-order valence-corrected chi connectivity index (χ1v) is 7.72. The molecule has 0 radical (unpaired) electrons. The van der Waals surface area contributed by atoms with E-state index in [0.29, 0.717) is 0 Å². The van der Waals surface area contributed by atoms with E-state index in [1.54, 1.807) is 0 Å². The van der Waals surface area contributed by atoms with Gasteiger partial charge in [0.25, 0.3) is 5.56 Å². The maximum Gasteiger partial charge on any atom is 0.251 e. The van der Waals surface area contributed by atoms with E-state index in [4.69, 9.17) is 0 Å². The molecule has 0 spiro atoms. The van der Waals surface area contributed by atoms with Crippen LogP contribution >= 0.6 is 0 Å². The Morgan fingerprint density at radius 2 is 1.86 bits per heavy atom. The molecule has 1 heterocycles. The molecule has 0 atom stereocenters. The number of sulfonamides is 1. The molecule has 22 heavy (non-hydrogen) atoms. The SMILES string of the molecule is CNC(=O)CNC(=O)Cn1cc(S(=O)(=O)N(C)C)ccc1=O. The van der Waals surface area contributed by atoms with Gasteiger partial charge in [-0.2, -0.15) is 0 Å². The van der Waals surface area contributed by atoms with Gasteiger partial charge in [-0.15, -0.1) is 0 Å². The molecule has 122 valence electrons. The van der Waals surface area contributed by atoms with Gasteiger partial charge in [0.2, 0.25) is 21.8 Å². The first-order chi connectivity index (χ1) is 10.2. The summed E-state index contributed by atoms with van der Waals surface area (Å²) in [5.74, 6) is -0.963. The lowest BCUT2D eigenvalue weighted by Crippen LogP contribution is -2.38. The van der Waals surface area contributed by atoms with Crippen LogP contribution in [0.1, 0.15) is 0 Å². The van der Waals surface area contributed by atoms with Crippen molar-refractivity contribution < 1.29 is 18.0 Å². The van der Waals surface area contributed by atoms with E-state index < -0.39 is 21.5 Å². The zero-order valence-corrected chi connectivity index (χ0v) is 13.3. The molecule has 0 aliphatic rings. The highest BCUT2D eigenvalue weighted by atomic mass is 32.2. The minimum Gasteiger partial charge on any atom is -0.358 e. The number of pyridine rings is 1. The number of carbonyl (C=O) groups excluding carboxylic acids is 2. The van der Waals surface area contributed by atoms with Crippen molar-refractivity contribution in [2.24, 2.45) is 0 Å². The van der Waals surface area contributed by atoms with E-state index in [2.05, 4.69) is 10.6 Å². The van der Waals surface area contributed by atoms with E-state index in [0.717, 1.165) is 21.1 Å². The summed E-state index contributed by atoms with van der Waals surface area (Å²) in [6.07, 6.45) is 1.09. The molecule has 0 aliphatic heterocycles. The number of hydrogen-bond donors (Lipinski definition) is 2. The Hall–Kier alpha value is -2.20. The minimum absolute atomic E-state index is 0.101. The molecular formula is C12H18N4O5S. The fourth-order valence-electron chi connectivity index (χ4n) is 1.47. The number of rotatable bonds is 6. The van der Waals surface area contributed by atoms with Crippen LogP contribution in [0.2, 0.25) is 0 Å². The van der Waals surface area contributed by atoms with Gasteiger partial charge in [0.15, 0.2) is 0 Å². The van der Waals surface area contributed by atoms with E-state index in [9.17, 15) is 22.8 Å². The maximum atomic E-state index is 12.0. The molecule has 2 N–H and O–H groups in total. The Balaban J connectivity index is 2.95. The van der Waals surface area contributed by atoms with Crippen LogP contribution in [0.5, 0.6) is 0 Å². The Bertz CT molecular complexity index is 723. The third-order valence-electron chi connectivity index (χ3n) is 2.77. The van der Waals surface area contributed by atoms with Crippen LogP contribution in [0.25, 0.3) is 0 Å². The van der Waals surface area contributed by atoms with Crippen LogP contribution in [-0.2, 0) is 26.2 Å². The predicted molar refractivity (Wildman–Crippen MR) is 78.7 cm³/mol. The predicted octanol–water partition coefficient (Wildman–Crippen LogP) is -2.04. The second-order valence-electron chi connectivity index (χ2n) is 4.57. The monoisotopic (exact) mass is 330 g/mol. The molecule has 1 aromatic rings. The Morgan fingerprint density at radius 1 is 1.23 bits per heavy atom. The number of nitrogens with zero attached hydrogens (tertiary/aromatic N) is 2. The van der Waals surface area contributed by atoms with Crippen molar-refractivity contribution in [3.05, 3.63) is 28.7 Å². The fourth-order valence-corrected chi connectivity index (χ4v) is 2.40. The van der Waals surface area contributed by atoms with Gasteiger partial charge in [0.05, 0.1) is 11.4 Å². The Kier molecular flexibility index (Phi) is 5.83. The molecule has 0 saturated carbocycles. The van der Waals surface area contributed by atoms with Gasteiger partial charge in [0.1, 0.15) is 6.54 Å².